The molecular weight excluding hydrogens is 374 g/mol. The third-order valence-corrected chi connectivity index (χ3v) is 4.84. The number of ketones is 1. The number of Topliss-reactive ketones (excluding diaryl/α,β-unsaturated/α-hetero) is 1. The second-order valence-corrected chi connectivity index (χ2v) is 7.21. The quantitative estimate of drug-likeness (QED) is 0.580. The predicted molar refractivity (Wildman–Crippen MR) is 105 cm³/mol. The van der Waals surface area contributed by atoms with Gasteiger partial charge in [0.25, 0.3) is 0 Å². The molecule has 25 heavy (non-hydrogen) atoms. The first kappa shape index (κ1) is 17.6. The molecule has 0 spiro atoms. The zero-order valence-corrected chi connectivity index (χ0v) is 16.0. The van der Waals surface area contributed by atoms with Crippen LogP contribution in [0.4, 0.5) is 0 Å². The van der Waals surface area contributed by atoms with Gasteiger partial charge in [0.05, 0.1) is 5.92 Å². The molecule has 0 aliphatic carbocycles. The molecule has 0 aliphatic heterocycles. The van der Waals surface area contributed by atoms with Crippen LogP contribution in [0.2, 0.25) is 0 Å². The Kier molecular flexibility index (Phi) is 5.44. The fourth-order valence-electron chi connectivity index (χ4n) is 3.15. The van der Waals surface area contributed by atoms with Crippen molar-refractivity contribution in [2.24, 2.45) is 0 Å². The van der Waals surface area contributed by atoms with Gasteiger partial charge in [-0.25, -0.2) is 0 Å². The lowest BCUT2D eigenvalue weighted by atomic mass is 9.83. The zero-order chi connectivity index (χ0) is 17.8. The largest absolute Gasteiger partial charge is 0.298 e. The minimum absolute atomic E-state index is 0.193. The van der Waals surface area contributed by atoms with E-state index in [2.05, 4.69) is 40.0 Å². The number of aromatic nitrogens is 1. The van der Waals surface area contributed by atoms with Gasteiger partial charge in [0, 0.05) is 22.8 Å². The maximum Gasteiger partial charge on any atom is 0.149 e. The van der Waals surface area contributed by atoms with Gasteiger partial charge in [0.1, 0.15) is 5.78 Å². The molecule has 0 bridgehead atoms. The Hall–Kier alpha value is -2.26. The predicted octanol–water partition coefficient (Wildman–Crippen LogP) is 5.40. The summed E-state index contributed by atoms with van der Waals surface area (Å²) in [7, 11) is 0. The molecule has 2 nitrogen and oxygen atoms in total. The van der Waals surface area contributed by atoms with Crippen molar-refractivity contribution in [1.82, 2.24) is 4.98 Å². The van der Waals surface area contributed by atoms with E-state index < -0.39 is 0 Å². The summed E-state index contributed by atoms with van der Waals surface area (Å²) in [6.45, 7) is 4.01. The van der Waals surface area contributed by atoms with E-state index in [0.29, 0.717) is 6.42 Å². The molecule has 0 radical (unpaired) electrons. The first-order chi connectivity index (χ1) is 12.0. The number of hydrogen-bond acceptors (Lipinski definition) is 2. The highest BCUT2D eigenvalue weighted by atomic mass is 79.9. The third-order valence-electron chi connectivity index (χ3n) is 4.34. The Morgan fingerprint density at radius 3 is 2.56 bits per heavy atom. The molecule has 0 aliphatic rings. The highest BCUT2D eigenvalue weighted by Gasteiger charge is 2.24. The summed E-state index contributed by atoms with van der Waals surface area (Å²) in [5.74, 6) is -0.0785. The highest BCUT2D eigenvalue weighted by molar-refractivity contribution is 9.10. The monoisotopic (exact) mass is 393 g/mol. The first-order valence-corrected chi connectivity index (χ1v) is 9.09. The number of benzene rings is 2. The standard InChI is InChI=1S/C22H20BrNO/c1-15-6-3-4-9-20(15)22(18-7-5-8-19(23)14-18)21(25)13-17-10-11-24-16(2)12-17/h3-12,14,22H,13H2,1-2H3. The van der Waals surface area contributed by atoms with E-state index in [1.54, 1.807) is 6.20 Å². The van der Waals surface area contributed by atoms with E-state index in [-0.39, 0.29) is 11.7 Å². The van der Waals surface area contributed by atoms with Crippen LogP contribution in [0, 0.1) is 13.8 Å². The van der Waals surface area contributed by atoms with Gasteiger partial charge < -0.3 is 0 Å². The molecule has 3 heteroatoms. The molecule has 3 aromatic rings. The lowest BCUT2D eigenvalue weighted by molar-refractivity contribution is -0.119. The molecule has 0 fully saturated rings. The van der Waals surface area contributed by atoms with E-state index in [4.69, 9.17) is 0 Å². The summed E-state index contributed by atoms with van der Waals surface area (Å²) >= 11 is 3.53. The van der Waals surface area contributed by atoms with E-state index >= 15 is 0 Å². The normalized spacial score (nSPS) is 12.0. The average Bonchev–Trinajstić information content (AvgIpc) is 2.57. The van der Waals surface area contributed by atoms with E-state index in [0.717, 1.165) is 32.4 Å². The van der Waals surface area contributed by atoms with Crippen molar-refractivity contribution in [3.63, 3.8) is 0 Å². The molecule has 1 atom stereocenters. The fourth-order valence-corrected chi connectivity index (χ4v) is 3.57. The van der Waals surface area contributed by atoms with Crippen LogP contribution in [-0.4, -0.2) is 10.8 Å². The van der Waals surface area contributed by atoms with Gasteiger partial charge in [-0.05, 0) is 60.4 Å². The summed E-state index contributed by atoms with van der Waals surface area (Å²) in [6, 6.07) is 20.0. The van der Waals surface area contributed by atoms with Gasteiger partial charge in [0.2, 0.25) is 0 Å². The van der Waals surface area contributed by atoms with Gasteiger partial charge in [-0.3, -0.25) is 9.78 Å². The minimum Gasteiger partial charge on any atom is -0.298 e. The van der Waals surface area contributed by atoms with Gasteiger partial charge in [-0.2, -0.15) is 0 Å². The van der Waals surface area contributed by atoms with Crippen LogP contribution in [0.3, 0.4) is 0 Å². The summed E-state index contributed by atoms with van der Waals surface area (Å²) < 4.78 is 0.983. The summed E-state index contributed by atoms with van der Waals surface area (Å²) in [5, 5.41) is 0. The number of aryl methyl sites for hydroxylation is 2. The van der Waals surface area contributed by atoms with Crippen molar-refractivity contribution in [3.05, 3.63) is 99.3 Å². The second kappa shape index (κ2) is 7.75. The maximum atomic E-state index is 13.3. The maximum absolute atomic E-state index is 13.3. The third kappa shape index (κ3) is 4.23. The van der Waals surface area contributed by atoms with Crippen LogP contribution in [-0.2, 0) is 11.2 Å². The lowest BCUT2D eigenvalue weighted by Gasteiger charge is -2.19. The van der Waals surface area contributed by atoms with Gasteiger partial charge in [-0.15, -0.1) is 0 Å². The van der Waals surface area contributed by atoms with E-state index in [1.807, 2.05) is 55.5 Å². The average molecular weight is 394 g/mol. The number of hydrogen-bond donors (Lipinski definition) is 0. The number of nitrogens with zero attached hydrogens (tertiary/aromatic N) is 1. The van der Waals surface area contributed by atoms with Gasteiger partial charge in [0.15, 0.2) is 0 Å². The Bertz CT molecular complexity index is 904. The summed E-state index contributed by atoms with van der Waals surface area (Å²) in [4.78, 5) is 17.5. The minimum atomic E-state index is -0.271. The number of carbonyl (C=O) groups is 1. The van der Waals surface area contributed by atoms with E-state index in [9.17, 15) is 4.79 Å². The molecule has 1 aromatic heterocycles. The second-order valence-electron chi connectivity index (χ2n) is 6.29. The van der Waals surface area contributed by atoms with Crippen molar-refractivity contribution in [3.8, 4) is 0 Å². The van der Waals surface area contributed by atoms with Crippen LogP contribution in [0.1, 0.15) is 33.9 Å². The summed E-state index contributed by atoms with van der Waals surface area (Å²) in [6.07, 6.45) is 2.16. The van der Waals surface area contributed by atoms with Crippen LogP contribution in [0.25, 0.3) is 0 Å². The highest BCUT2D eigenvalue weighted by Crippen LogP contribution is 2.31. The van der Waals surface area contributed by atoms with Gasteiger partial charge in [-0.1, -0.05) is 52.3 Å². The number of pyridine rings is 1. The van der Waals surface area contributed by atoms with Crippen LogP contribution < -0.4 is 0 Å². The smallest absolute Gasteiger partial charge is 0.149 e. The molecule has 0 amide bonds. The van der Waals surface area contributed by atoms with Crippen molar-refractivity contribution in [1.29, 1.82) is 0 Å². The van der Waals surface area contributed by atoms with Crippen molar-refractivity contribution >= 4 is 21.7 Å². The van der Waals surface area contributed by atoms with Crippen LogP contribution in [0.5, 0.6) is 0 Å². The topological polar surface area (TPSA) is 30.0 Å². The Morgan fingerprint density at radius 1 is 1.04 bits per heavy atom. The zero-order valence-electron chi connectivity index (χ0n) is 14.4. The summed E-state index contributed by atoms with van der Waals surface area (Å²) in [5.41, 5.74) is 5.15. The Balaban J connectivity index is 2.02. The van der Waals surface area contributed by atoms with E-state index in [1.165, 1.54) is 0 Å². The number of halogens is 1. The molecule has 126 valence electrons. The van der Waals surface area contributed by atoms with Crippen molar-refractivity contribution in [2.45, 2.75) is 26.2 Å². The van der Waals surface area contributed by atoms with Crippen molar-refractivity contribution in [2.75, 3.05) is 0 Å². The Morgan fingerprint density at radius 2 is 1.84 bits per heavy atom. The molecule has 0 saturated carbocycles. The van der Waals surface area contributed by atoms with Crippen LogP contribution in [0.15, 0.2) is 71.3 Å². The van der Waals surface area contributed by atoms with Crippen LogP contribution >= 0.6 is 15.9 Å². The van der Waals surface area contributed by atoms with Crippen molar-refractivity contribution < 1.29 is 4.79 Å². The van der Waals surface area contributed by atoms with Gasteiger partial charge >= 0.3 is 0 Å². The SMILES string of the molecule is Cc1cc(CC(=O)C(c2cccc(Br)c2)c2ccccc2C)ccn1. The molecule has 0 N–H and O–H groups in total. The molecule has 2 aromatic carbocycles. The lowest BCUT2D eigenvalue weighted by Crippen LogP contribution is -2.17. The molecule has 3 rings (SSSR count). The molecule has 1 heterocycles. The fraction of sp³-hybridized carbons (Fsp3) is 0.182. The molecular formula is C22H20BrNO. The molecule has 0 saturated heterocycles. The number of carbonyl (C=O) groups excluding carboxylic acids is 1. The first-order valence-electron chi connectivity index (χ1n) is 8.30. The Labute approximate surface area is 157 Å². The molecule has 1 unspecified atom stereocenters. The number of rotatable bonds is 5.